The van der Waals surface area contributed by atoms with Gasteiger partial charge in [0.25, 0.3) is 0 Å². The third-order valence-electron chi connectivity index (χ3n) is 4.33. The molecule has 1 saturated carbocycles. The average molecular weight is 322 g/mol. The first kappa shape index (κ1) is 17.2. The van der Waals surface area contributed by atoms with Gasteiger partial charge in [-0.05, 0) is 31.0 Å². The number of ether oxygens (including phenoxy) is 1. The molecule has 0 radical (unpaired) electrons. The molecule has 1 aliphatic carbocycles. The highest BCUT2D eigenvalue weighted by atomic mass is 19.1. The fourth-order valence-corrected chi connectivity index (χ4v) is 2.87. The van der Waals surface area contributed by atoms with Crippen LogP contribution in [0.3, 0.4) is 0 Å². The second-order valence-corrected chi connectivity index (χ2v) is 5.84. The highest BCUT2D eigenvalue weighted by molar-refractivity contribution is 5.90. The SMILES string of the molecule is COC(=O)c1ccc(F)c(NCC(=O)N(C)C2CCCCC2)c1. The van der Waals surface area contributed by atoms with Crippen LogP contribution in [0.5, 0.6) is 0 Å². The molecular formula is C17H23FN2O3. The fourth-order valence-electron chi connectivity index (χ4n) is 2.87. The zero-order chi connectivity index (χ0) is 16.8. The first-order valence-electron chi connectivity index (χ1n) is 7.90. The number of anilines is 1. The number of amides is 1. The van der Waals surface area contributed by atoms with Crippen molar-refractivity contribution in [3.05, 3.63) is 29.6 Å². The summed E-state index contributed by atoms with van der Waals surface area (Å²) < 4.78 is 18.4. The third-order valence-corrected chi connectivity index (χ3v) is 4.33. The lowest BCUT2D eigenvalue weighted by Crippen LogP contribution is -2.41. The minimum atomic E-state index is -0.543. The number of nitrogens with zero attached hydrogens (tertiary/aromatic N) is 1. The highest BCUT2D eigenvalue weighted by Crippen LogP contribution is 2.22. The van der Waals surface area contributed by atoms with Crippen molar-refractivity contribution in [2.75, 3.05) is 26.0 Å². The molecule has 0 spiro atoms. The van der Waals surface area contributed by atoms with Gasteiger partial charge < -0.3 is 15.0 Å². The summed E-state index contributed by atoms with van der Waals surface area (Å²) >= 11 is 0. The number of nitrogens with one attached hydrogen (secondary N) is 1. The maximum Gasteiger partial charge on any atom is 0.337 e. The molecule has 1 aromatic carbocycles. The molecule has 23 heavy (non-hydrogen) atoms. The number of likely N-dealkylation sites (N-methyl/N-ethyl adjacent to an activating group) is 1. The number of hydrogen-bond acceptors (Lipinski definition) is 4. The number of rotatable bonds is 5. The van der Waals surface area contributed by atoms with E-state index in [9.17, 15) is 14.0 Å². The lowest BCUT2D eigenvalue weighted by atomic mass is 9.94. The van der Waals surface area contributed by atoms with Crippen LogP contribution in [0.25, 0.3) is 0 Å². The quantitative estimate of drug-likeness (QED) is 0.847. The molecule has 0 bridgehead atoms. The van der Waals surface area contributed by atoms with Crippen LogP contribution in [-0.4, -0.2) is 43.5 Å². The number of methoxy groups -OCH3 is 1. The van der Waals surface area contributed by atoms with E-state index < -0.39 is 11.8 Å². The number of halogens is 1. The zero-order valence-electron chi connectivity index (χ0n) is 13.6. The molecule has 1 fully saturated rings. The van der Waals surface area contributed by atoms with Gasteiger partial charge in [0, 0.05) is 13.1 Å². The van der Waals surface area contributed by atoms with Gasteiger partial charge in [0.15, 0.2) is 0 Å². The van der Waals surface area contributed by atoms with E-state index in [4.69, 9.17) is 0 Å². The van der Waals surface area contributed by atoms with Gasteiger partial charge in [-0.1, -0.05) is 19.3 Å². The van der Waals surface area contributed by atoms with Crippen molar-refractivity contribution >= 4 is 17.6 Å². The summed E-state index contributed by atoms with van der Waals surface area (Å²) in [7, 11) is 3.06. The number of benzene rings is 1. The summed E-state index contributed by atoms with van der Waals surface area (Å²) in [5, 5.41) is 2.78. The van der Waals surface area contributed by atoms with Crippen molar-refractivity contribution in [2.24, 2.45) is 0 Å². The van der Waals surface area contributed by atoms with Crippen LogP contribution in [0.2, 0.25) is 0 Å². The molecule has 0 atom stereocenters. The Morgan fingerprint density at radius 3 is 2.65 bits per heavy atom. The van der Waals surface area contributed by atoms with Crippen LogP contribution in [0.1, 0.15) is 42.5 Å². The smallest absolute Gasteiger partial charge is 0.337 e. The summed E-state index contributed by atoms with van der Waals surface area (Å²) in [6.07, 6.45) is 5.56. The van der Waals surface area contributed by atoms with Crippen LogP contribution >= 0.6 is 0 Å². The molecule has 1 aromatic rings. The molecule has 0 unspecified atom stereocenters. The Labute approximate surface area is 135 Å². The normalized spacial score (nSPS) is 15.1. The first-order valence-corrected chi connectivity index (χ1v) is 7.90. The zero-order valence-corrected chi connectivity index (χ0v) is 13.6. The van der Waals surface area contributed by atoms with Crippen molar-refractivity contribution in [1.82, 2.24) is 4.90 Å². The van der Waals surface area contributed by atoms with Crippen LogP contribution in [0.15, 0.2) is 18.2 Å². The maximum atomic E-state index is 13.8. The van der Waals surface area contributed by atoms with E-state index in [1.165, 1.54) is 31.7 Å². The second-order valence-electron chi connectivity index (χ2n) is 5.84. The van der Waals surface area contributed by atoms with Crippen LogP contribution < -0.4 is 5.32 Å². The minimum absolute atomic E-state index is 0.00541. The van der Waals surface area contributed by atoms with E-state index in [1.54, 1.807) is 11.9 Å². The molecule has 1 aliphatic rings. The summed E-state index contributed by atoms with van der Waals surface area (Å²) in [5.74, 6) is -1.13. The monoisotopic (exact) mass is 322 g/mol. The fraction of sp³-hybridized carbons (Fsp3) is 0.529. The van der Waals surface area contributed by atoms with Gasteiger partial charge in [0.1, 0.15) is 5.82 Å². The Morgan fingerprint density at radius 1 is 1.30 bits per heavy atom. The van der Waals surface area contributed by atoms with Gasteiger partial charge in [-0.25, -0.2) is 9.18 Å². The second kappa shape index (κ2) is 7.94. The Hall–Kier alpha value is -2.11. The molecule has 1 N–H and O–H groups in total. The average Bonchev–Trinajstić information content (AvgIpc) is 2.60. The summed E-state index contributed by atoms with van der Waals surface area (Å²) in [5.41, 5.74) is 0.364. The van der Waals surface area contributed by atoms with E-state index in [-0.39, 0.29) is 29.7 Å². The standard InChI is InChI=1S/C17H23FN2O3/c1-20(13-6-4-3-5-7-13)16(21)11-19-15-10-12(17(22)23-2)8-9-14(15)18/h8-10,13,19H,3-7,11H2,1-2H3. The summed E-state index contributed by atoms with van der Waals surface area (Å²) in [6, 6.07) is 4.16. The van der Waals surface area contributed by atoms with E-state index in [0.717, 1.165) is 25.7 Å². The van der Waals surface area contributed by atoms with E-state index in [2.05, 4.69) is 10.1 Å². The predicted octanol–water partition coefficient (Wildman–Crippen LogP) is 2.82. The molecule has 0 aliphatic heterocycles. The van der Waals surface area contributed by atoms with Gasteiger partial charge in [-0.2, -0.15) is 0 Å². The molecule has 0 heterocycles. The van der Waals surface area contributed by atoms with E-state index >= 15 is 0 Å². The Morgan fingerprint density at radius 2 is 2.00 bits per heavy atom. The van der Waals surface area contributed by atoms with Crippen molar-refractivity contribution in [3.63, 3.8) is 0 Å². The van der Waals surface area contributed by atoms with Crippen molar-refractivity contribution in [3.8, 4) is 0 Å². The molecule has 0 saturated heterocycles. The van der Waals surface area contributed by atoms with Crippen molar-refractivity contribution < 1.29 is 18.7 Å². The van der Waals surface area contributed by atoms with Crippen molar-refractivity contribution in [1.29, 1.82) is 0 Å². The summed E-state index contributed by atoms with van der Waals surface area (Å²) in [6.45, 7) is -0.00541. The van der Waals surface area contributed by atoms with Crippen LogP contribution in [0, 0.1) is 5.82 Å². The van der Waals surface area contributed by atoms with Gasteiger partial charge in [-0.15, -0.1) is 0 Å². The van der Waals surface area contributed by atoms with Gasteiger partial charge in [0.05, 0.1) is 24.9 Å². The van der Waals surface area contributed by atoms with E-state index in [1.807, 2.05) is 0 Å². The highest BCUT2D eigenvalue weighted by Gasteiger charge is 2.22. The Balaban J connectivity index is 1.96. The Bertz CT molecular complexity index is 571. The number of carbonyl (C=O) groups is 2. The number of carbonyl (C=O) groups excluding carboxylic acids is 2. The molecule has 0 aromatic heterocycles. The molecular weight excluding hydrogens is 299 g/mol. The maximum absolute atomic E-state index is 13.8. The third kappa shape index (κ3) is 4.43. The molecule has 126 valence electrons. The summed E-state index contributed by atoms with van der Waals surface area (Å²) in [4.78, 5) is 25.5. The molecule has 2 rings (SSSR count). The molecule has 6 heteroatoms. The van der Waals surface area contributed by atoms with Gasteiger partial charge in [0.2, 0.25) is 5.91 Å². The first-order chi connectivity index (χ1) is 11.0. The number of hydrogen-bond donors (Lipinski definition) is 1. The van der Waals surface area contributed by atoms with E-state index in [0.29, 0.717) is 0 Å². The largest absolute Gasteiger partial charge is 0.465 e. The molecule has 5 nitrogen and oxygen atoms in total. The predicted molar refractivity (Wildman–Crippen MR) is 85.9 cm³/mol. The van der Waals surface area contributed by atoms with Crippen LogP contribution in [-0.2, 0) is 9.53 Å². The minimum Gasteiger partial charge on any atom is -0.465 e. The van der Waals surface area contributed by atoms with Crippen molar-refractivity contribution in [2.45, 2.75) is 38.1 Å². The molecule has 1 amide bonds. The lowest BCUT2D eigenvalue weighted by molar-refractivity contribution is -0.130. The lowest BCUT2D eigenvalue weighted by Gasteiger charge is -2.31. The van der Waals surface area contributed by atoms with Crippen LogP contribution in [0.4, 0.5) is 10.1 Å². The van der Waals surface area contributed by atoms with Gasteiger partial charge >= 0.3 is 5.97 Å². The number of esters is 1. The van der Waals surface area contributed by atoms with Gasteiger partial charge in [-0.3, -0.25) is 4.79 Å². The Kier molecular flexibility index (Phi) is 5.96. The topological polar surface area (TPSA) is 58.6 Å².